The lowest BCUT2D eigenvalue weighted by molar-refractivity contribution is -0.117. The number of aromatic nitrogens is 2. The Kier molecular flexibility index (Phi) is 5.78. The third-order valence-electron chi connectivity index (χ3n) is 4.85. The van der Waals surface area contributed by atoms with E-state index in [0.29, 0.717) is 22.5 Å². The van der Waals surface area contributed by atoms with Crippen LogP contribution in [-0.4, -0.2) is 20.7 Å². The zero-order chi connectivity index (χ0) is 17.8. The molecule has 1 heterocycles. The molecule has 0 aliphatic heterocycles. The number of carbonyl (C=O) groups is 1. The molecule has 1 amide bonds. The molecule has 0 saturated heterocycles. The number of primary amides is 1. The van der Waals surface area contributed by atoms with Crippen molar-refractivity contribution in [1.82, 2.24) is 9.55 Å². The molecule has 1 aromatic carbocycles. The van der Waals surface area contributed by atoms with Crippen molar-refractivity contribution in [2.24, 2.45) is 5.73 Å². The molecule has 1 aliphatic carbocycles. The van der Waals surface area contributed by atoms with E-state index >= 15 is 0 Å². The zero-order valence-corrected chi connectivity index (χ0v) is 15.4. The second-order valence-corrected chi connectivity index (χ2v) is 7.85. The summed E-state index contributed by atoms with van der Waals surface area (Å²) in [5.41, 5.74) is 6.29. The van der Waals surface area contributed by atoms with E-state index in [2.05, 4.69) is 6.92 Å². The van der Waals surface area contributed by atoms with E-state index in [1.807, 2.05) is 28.8 Å². The van der Waals surface area contributed by atoms with Crippen LogP contribution in [0.4, 0.5) is 0 Å². The maximum absolute atomic E-state index is 13.1. The number of fused-ring (bicyclic) bond motifs is 1. The molecule has 2 aromatic rings. The molecule has 1 aliphatic rings. The van der Waals surface area contributed by atoms with Crippen LogP contribution < -0.4 is 11.3 Å². The van der Waals surface area contributed by atoms with Gasteiger partial charge in [-0.1, -0.05) is 56.5 Å². The highest BCUT2D eigenvalue weighted by Gasteiger charge is 2.26. The second-order valence-electron chi connectivity index (χ2n) is 6.68. The molecular formula is C19H25N3O2S. The lowest BCUT2D eigenvalue weighted by atomic mass is 10.2. The van der Waals surface area contributed by atoms with Crippen LogP contribution in [0, 0.1) is 0 Å². The molecule has 134 valence electrons. The van der Waals surface area contributed by atoms with Gasteiger partial charge in [0, 0.05) is 6.04 Å². The highest BCUT2D eigenvalue weighted by molar-refractivity contribution is 8.00. The van der Waals surface area contributed by atoms with E-state index in [9.17, 15) is 9.59 Å². The van der Waals surface area contributed by atoms with Gasteiger partial charge in [-0.05, 0) is 31.4 Å². The Labute approximate surface area is 152 Å². The van der Waals surface area contributed by atoms with E-state index in [0.717, 1.165) is 38.5 Å². The van der Waals surface area contributed by atoms with E-state index in [4.69, 9.17) is 10.7 Å². The van der Waals surface area contributed by atoms with Crippen molar-refractivity contribution in [3.05, 3.63) is 34.6 Å². The summed E-state index contributed by atoms with van der Waals surface area (Å²) >= 11 is 1.36. The van der Waals surface area contributed by atoms with Gasteiger partial charge in [-0.15, -0.1) is 0 Å². The van der Waals surface area contributed by atoms with Crippen LogP contribution in [0.15, 0.2) is 34.2 Å². The van der Waals surface area contributed by atoms with Crippen molar-refractivity contribution in [3.63, 3.8) is 0 Å². The summed E-state index contributed by atoms with van der Waals surface area (Å²) in [6, 6.07) is 7.60. The van der Waals surface area contributed by atoms with Gasteiger partial charge in [0.05, 0.1) is 16.2 Å². The minimum Gasteiger partial charge on any atom is -0.369 e. The fraction of sp³-hybridized carbons (Fsp3) is 0.526. The quantitative estimate of drug-likeness (QED) is 0.604. The van der Waals surface area contributed by atoms with Crippen molar-refractivity contribution in [2.45, 2.75) is 68.3 Å². The molecule has 0 radical (unpaired) electrons. The Hall–Kier alpha value is -1.82. The molecule has 1 atom stereocenters. The first kappa shape index (κ1) is 18.0. The number of para-hydroxylation sites is 1. The summed E-state index contributed by atoms with van der Waals surface area (Å²) in [5.74, 6) is -0.334. The van der Waals surface area contributed by atoms with Gasteiger partial charge >= 0.3 is 0 Å². The molecular weight excluding hydrogens is 334 g/mol. The summed E-state index contributed by atoms with van der Waals surface area (Å²) < 4.78 is 1.82. The molecule has 1 fully saturated rings. The fourth-order valence-electron chi connectivity index (χ4n) is 3.47. The van der Waals surface area contributed by atoms with E-state index in [-0.39, 0.29) is 22.8 Å². The summed E-state index contributed by atoms with van der Waals surface area (Å²) in [4.78, 5) is 29.7. The molecule has 1 saturated carbocycles. The molecule has 1 unspecified atom stereocenters. The average molecular weight is 359 g/mol. The predicted octanol–water partition coefficient (Wildman–Crippen LogP) is 3.65. The second kappa shape index (κ2) is 8.04. The number of unbranched alkanes of at least 4 members (excludes halogenated alkanes) is 1. The summed E-state index contributed by atoms with van der Waals surface area (Å²) in [7, 11) is 0. The van der Waals surface area contributed by atoms with E-state index in [1.54, 1.807) is 0 Å². The van der Waals surface area contributed by atoms with Crippen molar-refractivity contribution in [3.8, 4) is 0 Å². The van der Waals surface area contributed by atoms with Gasteiger partial charge < -0.3 is 5.73 Å². The van der Waals surface area contributed by atoms with Crippen LogP contribution in [0.5, 0.6) is 0 Å². The monoisotopic (exact) mass is 359 g/mol. The maximum Gasteiger partial charge on any atom is 0.262 e. The van der Waals surface area contributed by atoms with Gasteiger partial charge in [-0.25, -0.2) is 4.98 Å². The Morgan fingerprint density at radius 2 is 2.08 bits per heavy atom. The fourth-order valence-corrected chi connectivity index (χ4v) is 4.62. The number of benzene rings is 1. The normalized spacial score (nSPS) is 16.4. The third-order valence-corrected chi connectivity index (χ3v) is 6.10. The largest absolute Gasteiger partial charge is 0.369 e. The number of amides is 1. The number of thioether (sulfide) groups is 1. The number of hydrogen-bond acceptors (Lipinski definition) is 4. The number of hydrogen-bond donors (Lipinski definition) is 1. The summed E-state index contributed by atoms with van der Waals surface area (Å²) in [6.07, 6.45) is 6.89. The Bertz CT molecular complexity index is 812. The van der Waals surface area contributed by atoms with E-state index in [1.165, 1.54) is 11.8 Å². The molecule has 3 rings (SSSR count). The van der Waals surface area contributed by atoms with Crippen molar-refractivity contribution < 1.29 is 4.79 Å². The van der Waals surface area contributed by atoms with Gasteiger partial charge in [-0.2, -0.15) is 0 Å². The highest BCUT2D eigenvalue weighted by Crippen LogP contribution is 2.34. The third kappa shape index (κ3) is 3.89. The lowest BCUT2D eigenvalue weighted by Gasteiger charge is -2.21. The highest BCUT2D eigenvalue weighted by atomic mass is 32.2. The van der Waals surface area contributed by atoms with Crippen molar-refractivity contribution in [1.29, 1.82) is 0 Å². The zero-order valence-electron chi connectivity index (χ0n) is 14.6. The smallest absolute Gasteiger partial charge is 0.262 e. The van der Waals surface area contributed by atoms with Crippen LogP contribution in [0.2, 0.25) is 0 Å². The SMILES string of the molecule is CCCCC(Sc1nc2ccccc2c(=O)n1C1CCCC1)C(N)=O. The van der Waals surface area contributed by atoms with Crippen molar-refractivity contribution >= 4 is 28.6 Å². The van der Waals surface area contributed by atoms with Crippen molar-refractivity contribution in [2.75, 3.05) is 0 Å². The number of nitrogens with two attached hydrogens (primary N) is 1. The molecule has 1 aromatic heterocycles. The standard InChI is InChI=1S/C19H25N3O2S/c1-2-3-12-16(17(20)23)25-19-21-15-11-7-6-10-14(15)18(24)22(19)13-8-4-5-9-13/h6-7,10-11,13,16H,2-5,8-9,12H2,1H3,(H2,20,23). The minimum absolute atomic E-state index is 0.00119. The molecule has 0 spiro atoms. The maximum atomic E-state index is 13.1. The number of rotatable bonds is 7. The first-order valence-electron chi connectivity index (χ1n) is 9.09. The van der Waals surface area contributed by atoms with Crippen LogP contribution in [0.3, 0.4) is 0 Å². The molecule has 2 N–H and O–H groups in total. The van der Waals surface area contributed by atoms with Gasteiger partial charge in [-0.3, -0.25) is 14.2 Å². The molecule has 0 bridgehead atoms. The first-order chi connectivity index (χ1) is 12.1. The van der Waals surface area contributed by atoms with Crippen LogP contribution in [0.25, 0.3) is 10.9 Å². The predicted molar refractivity (Wildman–Crippen MR) is 102 cm³/mol. The lowest BCUT2D eigenvalue weighted by Crippen LogP contribution is -2.30. The van der Waals surface area contributed by atoms with E-state index < -0.39 is 0 Å². The molecule has 6 heteroatoms. The van der Waals surface area contributed by atoms with Crippen LogP contribution >= 0.6 is 11.8 Å². The van der Waals surface area contributed by atoms with Gasteiger partial charge in [0.2, 0.25) is 5.91 Å². The first-order valence-corrected chi connectivity index (χ1v) is 9.97. The summed E-state index contributed by atoms with van der Waals surface area (Å²) in [6.45, 7) is 2.09. The van der Waals surface area contributed by atoms with Gasteiger partial charge in [0.15, 0.2) is 5.16 Å². The summed E-state index contributed by atoms with van der Waals surface area (Å²) in [5, 5.41) is 0.930. The molecule has 5 nitrogen and oxygen atoms in total. The van der Waals surface area contributed by atoms with Crippen LogP contribution in [0.1, 0.15) is 57.9 Å². The number of nitrogens with zero attached hydrogens (tertiary/aromatic N) is 2. The minimum atomic E-state index is -0.347. The average Bonchev–Trinajstić information content (AvgIpc) is 3.12. The van der Waals surface area contributed by atoms with Gasteiger partial charge in [0.1, 0.15) is 0 Å². The van der Waals surface area contributed by atoms with Gasteiger partial charge in [0.25, 0.3) is 5.56 Å². The Morgan fingerprint density at radius 1 is 1.36 bits per heavy atom. The Morgan fingerprint density at radius 3 is 2.76 bits per heavy atom. The topological polar surface area (TPSA) is 78.0 Å². The van der Waals surface area contributed by atoms with Crippen LogP contribution in [-0.2, 0) is 4.79 Å². The Balaban J connectivity index is 2.06. The number of carbonyl (C=O) groups excluding carboxylic acids is 1. The molecule has 25 heavy (non-hydrogen) atoms.